The summed E-state index contributed by atoms with van der Waals surface area (Å²) in [5.41, 5.74) is 4.88. The van der Waals surface area contributed by atoms with Gasteiger partial charge in [-0.1, -0.05) is 97.1 Å². The molecule has 7 aromatic rings. The van der Waals surface area contributed by atoms with E-state index < -0.39 is 5.97 Å². The van der Waals surface area contributed by atoms with E-state index in [2.05, 4.69) is 24.3 Å². The average molecular weight is 478 g/mol. The Hall–Kier alpha value is -5.09. The fraction of sp³-hybridized carbons (Fsp3) is 0. The first-order chi connectivity index (χ1) is 18.3. The lowest BCUT2D eigenvalue weighted by atomic mass is 9.97. The Bertz CT molecular complexity index is 1970. The van der Waals surface area contributed by atoms with Crippen molar-refractivity contribution in [2.24, 2.45) is 0 Å². The van der Waals surface area contributed by atoms with Crippen molar-refractivity contribution in [2.45, 2.75) is 0 Å². The van der Waals surface area contributed by atoms with E-state index in [4.69, 9.17) is 9.84 Å². The highest BCUT2D eigenvalue weighted by atomic mass is 16.5. The number of carbonyl (C=O) groups excluding carboxylic acids is 1. The zero-order chi connectivity index (χ0) is 24.8. The van der Waals surface area contributed by atoms with Crippen molar-refractivity contribution in [3.63, 3.8) is 0 Å². The molecule has 7 rings (SSSR count). The molecule has 0 saturated carbocycles. The Morgan fingerprint density at radius 3 is 2.00 bits per heavy atom. The molecule has 2 aromatic heterocycles. The van der Waals surface area contributed by atoms with Crippen molar-refractivity contribution in [3.8, 4) is 16.9 Å². The van der Waals surface area contributed by atoms with Crippen molar-refractivity contribution in [2.75, 3.05) is 0 Å². The third-order valence-corrected chi connectivity index (χ3v) is 6.80. The summed E-state index contributed by atoms with van der Waals surface area (Å²) in [6.45, 7) is 0. The quantitative estimate of drug-likeness (QED) is 0.0891. The molecule has 0 radical (unpaired) electrons. The van der Waals surface area contributed by atoms with Crippen LogP contribution in [-0.4, -0.2) is 11.1 Å². The predicted octanol–water partition coefficient (Wildman–Crippen LogP) is 7.17. The van der Waals surface area contributed by atoms with Gasteiger partial charge in [-0.05, 0) is 34.3 Å². The van der Waals surface area contributed by atoms with E-state index in [1.165, 1.54) is 0 Å². The lowest BCUT2D eigenvalue weighted by molar-refractivity contribution is -0.548. The Morgan fingerprint density at radius 2 is 1.22 bits per heavy atom. The minimum atomic E-state index is -0.415. The number of hydrogen-bond donors (Lipinski definition) is 0. The van der Waals surface area contributed by atoms with Gasteiger partial charge in [-0.2, -0.15) is 0 Å². The maximum atomic E-state index is 14.0. The molecule has 0 atom stereocenters. The van der Waals surface area contributed by atoms with Gasteiger partial charge < -0.3 is 4.74 Å². The topological polar surface area (TPSA) is 43.3 Å². The van der Waals surface area contributed by atoms with Crippen molar-refractivity contribution in [3.05, 3.63) is 133 Å². The fourth-order valence-electron chi connectivity index (χ4n) is 5.17. The third kappa shape index (κ3) is 3.42. The van der Waals surface area contributed by atoms with Crippen LogP contribution in [0.2, 0.25) is 0 Å². The largest absolute Gasteiger partial charge is 0.423 e. The molecule has 4 heteroatoms. The molecule has 0 spiro atoms. The Kier molecular flexibility index (Phi) is 4.90. The second-order valence-corrected chi connectivity index (χ2v) is 8.97. The minimum Gasteiger partial charge on any atom is -0.423 e. The predicted molar refractivity (Wildman–Crippen MR) is 147 cm³/mol. The minimum absolute atomic E-state index is 0.415. The first kappa shape index (κ1) is 21.2. The van der Waals surface area contributed by atoms with Gasteiger partial charge in [0.1, 0.15) is 16.8 Å². The maximum absolute atomic E-state index is 14.0. The molecular formula is C33H21N2O2+. The second kappa shape index (κ2) is 8.54. The van der Waals surface area contributed by atoms with Crippen LogP contribution >= 0.6 is 0 Å². The summed E-state index contributed by atoms with van der Waals surface area (Å²) < 4.78 is 7.85. The van der Waals surface area contributed by atoms with Gasteiger partial charge in [0.15, 0.2) is 0 Å². The number of nitrogens with zero attached hydrogens (tertiary/aromatic N) is 2. The zero-order valence-electron chi connectivity index (χ0n) is 19.8. The number of hydrogen-bond acceptors (Lipinski definition) is 3. The molecule has 37 heavy (non-hydrogen) atoms. The Balaban J connectivity index is 1.67. The van der Waals surface area contributed by atoms with Gasteiger partial charge in [0.05, 0.1) is 10.8 Å². The molecule has 0 aliphatic rings. The number of fused-ring (bicyclic) bond motifs is 7. The molecular weight excluding hydrogens is 456 g/mol. The van der Waals surface area contributed by atoms with E-state index in [1.54, 1.807) is 12.1 Å². The van der Waals surface area contributed by atoms with Gasteiger partial charge in [-0.3, -0.25) is 0 Å². The molecule has 174 valence electrons. The van der Waals surface area contributed by atoms with Gasteiger partial charge >= 0.3 is 5.97 Å². The molecule has 0 unspecified atom stereocenters. The first-order valence-electron chi connectivity index (χ1n) is 12.2. The fourth-order valence-corrected chi connectivity index (χ4v) is 5.17. The second-order valence-electron chi connectivity index (χ2n) is 8.97. The number of para-hydroxylation sites is 2. The normalized spacial score (nSPS) is 11.4. The van der Waals surface area contributed by atoms with Crippen LogP contribution in [0.3, 0.4) is 0 Å². The van der Waals surface area contributed by atoms with E-state index in [9.17, 15) is 4.79 Å². The monoisotopic (exact) mass is 477 g/mol. The summed E-state index contributed by atoms with van der Waals surface area (Å²) in [7, 11) is 0. The molecule has 0 aliphatic carbocycles. The summed E-state index contributed by atoms with van der Waals surface area (Å²) in [5.74, 6) is 0.0849. The number of pyridine rings is 1. The van der Waals surface area contributed by atoms with Crippen LogP contribution in [-0.2, 0) is 0 Å². The zero-order valence-corrected chi connectivity index (χ0v) is 19.8. The molecule has 0 saturated heterocycles. The third-order valence-electron chi connectivity index (χ3n) is 6.80. The van der Waals surface area contributed by atoms with Crippen molar-refractivity contribution in [1.29, 1.82) is 0 Å². The van der Waals surface area contributed by atoms with E-state index in [-0.39, 0.29) is 0 Å². The number of benzene rings is 5. The van der Waals surface area contributed by atoms with E-state index in [1.807, 2.05) is 95.5 Å². The summed E-state index contributed by atoms with van der Waals surface area (Å²) >= 11 is 0. The molecule has 0 N–H and O–H groups in total. The van der Waals surface area contributed by atoms with Crippen molar-refractivity contribution < 1.29 is 14.0 Å². The lowest BCUT2D eigenvalue weighted by Gasteiger charge is -2.12. The highest BCUT2D eigenvalue weighted by Gasteiger charge is 2.29. The molecule has 4 nitrogen and oxygen atoms in total. The van der Waals surface area contributed by atoms with Crippen LogP contribution in [0.15, 0.2) is 127 Å². The summed E-state index contributed by atoms with van der Waals surface area (Å²) in [6, 6.07) is 41.6. The number of aromatic nitrogens is 2. The summed E-state index contributed by atoms with van der Waals surface area (Å²) in [4.78, 5) is 14.0. The van der Waals surface area contributed by atoms with Crippen LogP contribution in [0.1, 0.15) is 10.4 Å². The molecule has 0 bridgehead atoms. The van der Waals surface area contributed by atoms with E-state index in [0.717, 1.165) is 49.2 Å². The van der Waals surface area contributed by atoms with Crippen LogP contribution < -0.4 is 9.25 Å². The van der Waals surface area contributed by atoms with Crippen LogP contribution in [0.5, 0.6) is 5.75 Å². The standard InChI is InChI=1S/C33H21N2O2/c36-33(37-23-14-5-2-6-15-23)30-28-20-11-19-24(22-12-3-1-4-13-22)31(28)34-35-29-21-10-9-17-26(29)25-16-7-8-18-27(25)32(30)35/h1-21H/q+1. The molecule has 0 fully saturated rings. The Labute approximate surface area is 213 Å². The van der Waals surface area contributed by atoms with Gasteiger partial charge in [-0.25, -0.2) is 4.79 Å². The van der Waals surface area contributed by atoms with Gasteiger partial charge in [0.25, 0.3) is 5.52 Å². The van der Waals surface area contributed by atoms with E-state index in [0.29, 0.717) is 11.3 Å². The highest BCUT2D eigenvalue weighted by Crippen LogP contribution is 2.34. The first-order valence-corrected chi connectivity index (χ1v) is 12.2. The van der Waals surface area contributed by atoms with E-state index >= 15 is 0 Å². The van der Waals surface area contributed by atoms with Gasteiger partial charge in [0.2, 0.25) is 5.52 Å². The Morgan fingerprint density at radius 1 is 0.595 bits per heavy atom. The van der Waals surface area contributed by atoms with Crippen LogP contribution in [0, 0.1) is 0 Å². The number of rotatable bonds is 3. The number of carbonyl (C=O) groups is 1. The highest BCUT2D eigenvalue weighted by molar-refractivity contribution is 6.19. The smallest absolute Gasteiger partial charge is 0.351 e. The van der Waals surface area contributed by atoms with Gasteiger partial charge in [-0.15, -0.1) is 0 Å². The molecule has 0 amide bonds. The summed E-state index contributed by atoms with van der Waals surface area (Å²) in [5, 5.41) is 9.02. The average Bonchev–Trinajstić information content (AvgIpc) is 2.97. The van der Waals surface area contributed by atoms with Crippen LogP contribution in [0.4, 0.5) is 0 Å². The molecule has 5 aromatic carbocycles. The SMILES string of the molecule is O=C(Oc1ccccc1)c1c2cccc(-c3ccccc3)c2n[n+]2c3ccccc3c3ccccc3c12. The number of ether oxygens (including phenoxy) is 1. The molecule has 0 aliphatic heterocycles. The lowest BCUT2D eigenvalue weighted by Crippen LogP contribution is -2.31. The van der Waals surface area contributed by atoms with Crippen LogP contribution in [0.25, 0.3) is 49.2 Å². The maximum Gasteiger partial charge on any atom is 0.351 e. The summed E-state index contributed by atoms with van der Waals surface area (Å²) in [6.07, 6.45) is 0. The molecule has 2 heterocycles. The number of esters is 1. The van der Waals surface area contributed by atoms with Crippen molar-refractivity contribution in [1.82, 2.24) is 5.10 Å². The van der Waals surface area contributed by atoms with Crippen molar-refractivity contribution >= 4 is 44.1 Å². The van der Waals surface area contributed by atoms with Gasteiger partial charge in [0, 0.05) is 27.5 Å².